The average molecular weight is 918 g/mol. The van der Waals surface area contributed by atoms with Crippen molar-refractivity contribution in [1.82, 2.24) is 0 Å². The van der Waals surface area contributed by atoms with Gasteiger partial charge in [-0.05, 0) is 139 Å². The largest absolute Gasteiger partial charge is 0.310 e. The van der Waals surface area contributed by atoms with Gasteiger partial charge in [-0.25, -0.2) is 0 Å². The zero-order valence-corrected chi connectivity index (χ0v) is 40.4. The number of hydrogen-bond donors (Lipinski definition) is 0. The lowest BCUT2D eigenvalue weighted by atomic mass is 9.67. The maximum Gasteiger partial charge on any atom is 0.0713 e. The van der Waals surface area contributed by atoms with E-state index in [4.69, 9.17) is 0 Å². The number of fused-ring (bicyclic) bond motifs is 9. The molecule has 0 aromatic heterocycles. The number of anilines is 3. The summed E-state index contributed by atoms with van der Waals surface area (Å²) in [6.45, 7) is 4.84. The number of nitrogens with zero attached hydrogens (tertiary/aromatic N) is 1. The Morgan fingerprint density at radius 3 is 1.11 bits per heavy atom. The number of para-hydroxylation sites is 1. The Bertz CT molecular complexity index is 3710. The first kappa shape index (κ1) is 42.1. The minimum absolute atomic E-state index is 0.373. The van der Waals surface area contributed by atoms with Crippen molar-refractivity contribution in [2.24, 2.45) is 0 Å². The van der Waals surface area contributed by atoms with Crippen LogP contribution in [0, 0.1) is 0 Å². The molecule has 11 aromatic rings. The summed E-state index contributed by atoms with van der Waals surface area (Å²) in [5.74, 6) is 0. The highest BCUT2D eigenvalue weighted by Gasteiger charge is 2.48. The van der Waals surface area contributed by atoms with Gasteiger partial charge in [-0.1, -0.05) is 243 Å². The van der Waals surface area contributed by atoms with E-state index in [9.17, 15) is 0 Å². The number of hydrogen-bond acceptors (Lipinski definition) is 1. The van der Waals surface area contributed by atoms with E-state index in [-0.39, 0.29) is 10.8 Å². The molecule has 3 aliphatic carbocycles. The highest BCUT2D eigenvalue weighted by molar-refractivity contribution is 6.01. The van der Waals surface area contributed by atoms with Crippen LogP contribution in [0.25, 0.3) is 44.5 Å². The van der Waals surface area contributed by atoms with Crippen LogP contribution in [0.4, 0.5) is 17.1 Å². The van der Waals surface area contributed by atoms with Gasteiger partial charge in [-0.15, -0.1) is 0 Å². The quantitative estimate of drug-likeness (QED) is 0.147. The zero-order valence-electron chi connectivity index (χ0n) is 40.4. The van der Waals surface area contributed by atoms with Gasteiger partial charge in [-0.3, -0.25) is 0 Å². The van der Waals surface area contributed by atoms with E-state index in [0.29, 0.717) is 0 Å². The van der Waals surface area contributed by atoms with Crippen molar-refractivity contribution in [3.63, 3.8) is 0 Å². The molecule has 2 atom stereocenters. The van der Waals surface area contributed by atoms with Crippen LogP contribution in [0.5, 0.6) is 0 Å². The molecule has 0 heterocycles. The van der Waals surface area contributed by atoms with E-state index in [1.54, 1.807) is 0 Å². The molecule has 0 aliphatic heterocycles. The summed E-state index contributed by atoms with van der Waals surface area (Å²) in [5, 5.41) is 0. The van der Waals surface area contributed by atoms with Crippen molar-refractivity contribution in [2.45, 2.75) is 30.1 Å². The Balaban J connectivity index is 1.04. The third kappa shape index (κ3) is 5.83. The summed E-state index contributed by atoms with van der Waals surface area (Å²) in [5.41, 5.74) is 25.1. The van der Waals surface area contributed by atoms with Gasteiger partial charge in [-0.2, -0.15) is 0 Å². The Labute approximate surface area is 423 Å². The standard InChI is InChI=1S/C71H51N/c1-69(48-24-7-3-8-25-48)61-37-19-15-32-54(61)56-44-42-52(46-65(56)69)72(53-43-45-57-55-33-16-20-38-62(55)70(2,66(57)47-53)49-26-9-4-10-27-49)67-41-22-18-34-58(67)59-36-23-40-64-68(59)60-35-17-21-39-63(60)71(64,50-28-11-5-12-29-50)51-30-13-6-14-31-51/h3-47H,1-2H3. The first-order valence-electron chi connectivity index (χ1n) is 25.3. The lowest BCUT2D eigenvalue weighted by Crippen LogP contribution is -2.28. The fourth-order valence-corrected chi connectivity index (χ4v) is 13.4. The molecule has 0 saturated carbocycles. The lowest BCUT2D eigenvalue weighted by molar-refractivity contribution is 0.713. The van der Waals surface area contributed by atoms with Crippen LogP contribution in [0.1, 0.15) is 69.5 Å². The molecule has 0 fully saturated rings. The summed E-state index contributed by atoms with van der Waals surface area (Å²) < 4.78 is 0. The first-order valence-corrected chi connectivity index (χ1v) is 25.3. The molecule has 1 nitrogen and oxygen atoms in total. The van der Waals surface area contributed by atoms with Crippen molar-refractivity contribution in [3.05, 3.63) is 329 Å². The van der Waals surface area contributed by atoms with Gasteiger partial charge in [0.1, 0.15) is 0 Å². The molecule has 340 valence electrons. The molecule has 0 radical (unpaired) electrons. The Morgan fingerprint density at radius 1 is 0.250 bits per heavy atom. The van der Waals surface area contributed by atoms with E-state index in [1.165, 1.54) is 100 Å². The number of rotatable bonds is 8. The second-order valence-electron chi connectivity index (χ2n) is 20.1. The molecule has 0 saturated heterocycles. The van der Waals surface area contributed by atoms with Gasteiger partial charge in [0.15, 0.2) is 0 Å². The van der Waals surface area contributed by atoms with Crippen molar-refractivity contribution >= 4 is 17.1 Å². The van der Waals surface area contributed by atoms with E-state index >= 15 is 0 Å². The second-order valence-corrected chi connectivity index (χ2v) is 20.1. The summed E-state index contributed by atoms with van der Waals surface area (Å²) in [6, 6.07) is 102. The first-order chi connectivity index (χ1) is 35.5. The van der Waals surface area contributed by atoms with Crippen LogP contribution in [0.2, 0.25) is 0 Å². The van der Waals surface area contributed by atoms with Gasteiger partial charge in [0.25, 0.3) is 0 Å². The maximum absolute atomic E-state index is 2.56. The van der Waals surface area contributed by atoms with Crippen molar-refractivity contribution in [3.8, 4) is 44.5 Å². The minimum atomic E-state index is -0.521. The Morgan fingerprint density at radius 2 is 0.611 bits per heavy atom. The molecule has 0 bridgehead atoms. The predicted molar refractivity (Wildman–Crippen MR) is 299 cm³/mol. The van der Waals surface area contributed by atoms with Crippen LogP contribution < -0.4 is 4.90 Å². The Kier molecular flexibility index (Phi) is 9.44. The molecule has 3 aliphatic rings. The van der Waals surface area contributed by atoms with Gasteiger partial charge in [0.2, 0.25) is 0 Å². The maximum atomic E-state index is 2.56. The molecule has 14 rings (SSSR count). The van der Waals surface area contributed by atoms with Crippen molar-refractivity contribution in [2.75, 3.05) is 4.90 Å². The van der Waals surface area contributed by atoms with E-state index in [2.05, 4.69) is 292 Å². The normalized spacial score (nSPS) is 17.2. The monoisotopic (exact) mass is 917 g/mol. The van der Waals surface area contributed by atoms with Crippen LogP contribution >= 0.6 is 0 Å². The predicted octanol–water partition coefficient (Wildman–Crippen LogP) is 17.9. The highest BCUT2D eigenvalue weighted by atomic mass is 15.1. The molecule has 72 heavy (non-hydrogen) atoms. The number of benzene rings is 11. The molecule has 0 N–H and O–H groups in total. The molecule has 0 amide bonds. The van der Waals surface area contributed by atoms with Crippen LogP contribution in [-0.4, -0.2) is 0 Å². The van der Waals surface area contributed by atoms with Gasteiger partial charge >= 0.3 is 0 Å². The third-order valence-corrected chi connectivity index (χ3v) is 16.7. The van der Waals surface area contributed by atoms with Gasteiger partial charge < -0.3 is 4.90 Å². The molecular weight excluding hydrogens is 867 g/mol. The van der Waals surface area contributed by atoms with Gasteiger partial charge in [0.05, 0.1) is 11.1 Å². The summed E-state index contributed by atoms with van der Waals surface area (Å²) >= 11 is 0. The van der Waals surface area contributed by atoms with Gasteiger partial charge in [0, 0.05) is 27.8 Å². The minimum Gasteiger partial charge on any atom is -0.310 e. The Hall–Kier alpha value is -8.78. The fourth-order valence-electron chi connectivity index (χ4n) is 13.4. The van der Waals surface area contributed by atoms with Crippen LogP contribution in [0.3, 0.4) is 0 Å². The summed E-state index contributed by atoms with van der Waals surface area (Å²) in [7, 11) is 0. The lowest BCUT2D eigenvalue weighted by Gasteiger charge is -2.34. The molecule has 0 spiro atoms. The van der Waals surface area contributed by atoms with Crippen molar-refractivity contribution < 1.29 is 0 Å². The van der Waals surface area contributed by atoms with E-state index in [0.717, 1.165) is 17.1 Å². The zero-order chi connectivity index (χ0) is 48.0. The third-order valence-electron chi connectivity index (χ3n) is 16.7. The summed E-state index contributed by atoms with van der Waals surface area (Å²) in [6.07, 6.45) is 0. The second kappa shape index (κ2) is 16.1. The van der Waals surface area contributed by atoms with E-state index < -0.39 is 5.41 Å². The molecular formula is C71H51N. The smallest absolute Gasteiger partial charge is 0.0713 e. The van der Waals surface area contributed by atoms with E-state index in [1.807, 2.05) is 0 Å². The highest BCUT2D eigenvalue weighted by Crippen LogP contribution is 2.61. The van der Waals surface area contributed by atoms with Crippen LogP contribution in [0.15, 0.2) is 273 Å². The SMILES string of the molecule is CC1(c2ccccc2)c2ccccc2-c2ccc(N(c3ccc4c(c3)C(C)(c3ccccc3)c3ccccc3-4)c3ccccc3-c3cccc4c3-c3ccccc3C4(c3ccccc3)c3ccccc3)cc21. The van der Waals surface area contributed by atoms with Crippen LogP contribution in [-0.2, 0) is 16.2 Å². The molecule has 2 unspecified atom stereocenters. The average Bonchev–Trinajstić information content (AvgIpc) is 4.02. The van der Waals surface area contributed by atoms with Crippen molar-refractivity contribution in [1.29, 1.82) is 0 Å². The molecule has 11 aromatic carbocycles. The fraction of sp³-hybridized carbons (Fsp3) is 0.0704. The molecule has 1 heteroatoms. The topological polar surface area (TPSA) is 3.24 Å². The summed E-state index contributed by atoms with van der Waals surface area (Å²) in [4.78, 5) is 2.56.